The monoisotopic (exact) mass is 230 g/mol. The molecule has 84 valence electrons. The third-order valence-electron chi connectivity index (χ3n) is 1.22. The van der Waals surface area contributed by atoms with Crippen LogP contribution in [0, 0.1) is 0 Å². The van der Waals surface area contributed by atoms with E-state index in [1.165, 1.54) is 0 Å². The van der Waals surface area contributed by atoms with Crippen molar-refractivity contribution in [3.63, 3.8) is 0 Å². The third-order valence-corrected chi connectivity index (χ3v) is 1.94. The van der Waals surface area contributed by atoms with Gasteiger partial charge in [-0.1, -0.05) is 0 Å². The second-order valence-electron chi connectivity index (χ2n) is 2.61. The fourth-order valence-corrected chi connectivity index (χ4v) is 1.15. The molecule has 0 aliphatic rings. The van der Waals surface area contributed by atoms with Crippen molar-refractivity contribution in [1.29, 1.82) is 0 Å². The molecular formula is C6H12F2N2O3S. The normalized spacial score (nSPS) is 11.7. The van der Waals surface area contributed by atoms with Crippen molar-refractivity contribution in [3.05, 3.63) is 0 Å². The van der Waals surface area contributed by atoms with Crippen LogP contribution in [-0.2, 0) is 14.8 Å². The average molecular weight is 230 g/mol. The van der Waals surface area contributed by atoms with Crippen LogP contribution < -0.4 is 10.0 Å². The highest BCUT2D eigenvalue weighted by atomic mass is 32.2. The summed E-state index contributed by atoms with van der Waals surface area (Å²) in [6, 6.07) is 0. The summed E-state index contributed by atoms with van der Waals surface area (Å²) in [6.07, 6.45) is -1.77. The number of halogens is 2. The Morgan fingerprint density at radius 1 is 1.36 bits per heavy atom. The van der Waals surface area contributed by atoms with Crippen molar-refractivity contribution < 1.29 is 22.0 Å². The van der Waals surface area contributed by atoms with E-state index in [4.69, 9.17) is 0 Å². The van der Waals surface area contributed by atoms with Crippen LogP contribution >= 0.6 is 0 Å². The molecular weight excluding hydrogens is 218 g/mol. The molecule has 0 atom stereocenters. The molecule has 0 fully saturated rings. The molecule has 0 aromatic rings. The Hall–Kier alpha value is -0.760. The van der Waals surface area contributed by atoms with Gasteiger partial charge in [-0.25, -0.2) is 13.1 Å². The molecule has 0 aromatic heterocycles. The summed E-state index contributed by atoms with van der Waals surface area (Å²) in [5.41, 5.74) is 0. The third kappa shape index (κ3) is 7.87. The van der Waals surface area contributed by atoms with Gasteiger partial charge in [0.1, 0.15) is 0 Å². The van der Waals surface area contributed by atoms with Gasteiger partial charge in [-0.2, -0.15) is 8.78 Å². The molecule has 0 spiro atoms. The van der Waals surface area contributed by atoms with Crippen molar-refractivity contribution in [2.75, 3.05) is 19.3 Å². The molecule has 0 saturated carbocycles. The summed E-state index contributed by atoms with van der Waals surface area (Å²) < 4.78 is 46.4. The predicted molar refractivity (Wildman–Crippen MR) is 46.5 cm³/mol. The number of hydrogen-bond donors (Lipinski definition) is 2. The van der Waals surface area contributed by atoms with E-state index in [0.29, 0.717) is 0 Å². The average Bonchev–Trinajstić information content (AvgIpc) is 2.01. The molecule has 8 heteroatoms. The molecule has 0 aliphatic carbocycles. The van der Waals surface area contributed by atoms with E-state index in [-0.39, 0.29) is 19.5 Å². The second kappa shape index (κ2) is 5.86. The maximum absolute atomic E-state index is 11.6. The number of sulfonamides is 1. The lowest BCUT2D eigenvalue weighted by molar-refractivity contribution is -0.131. The summed E-state index contributed by atoms with van der Waals surface area (Å²) in [6.45, 7) is 0.133. The number of nitrogens with one attached hydrogen (secondary N) is 2. The Bertz CT molecular complexity index is 279. The molecule has 0 bridgehead atoms. The molecule has 0 aliphatic heterocycles. The van der Waals surface area contributed by atoms with E-state index in [1.807, 2.05) is 5.32 Å². The fraction of sp³-hybridized carbons (Fsp3) is 0.833. The van der Waals surface area contributed by atoms with E-state index < -0.39 is 22.4 Å². The van der Waals surface area contributed by atoms with Gasteiger partial charge >= 0.3 is 6.43 Å². The summed E-state index contributed by atoms with van der Waals surface area (Å²) in [5.74, 6) is -1.34. The molecule has 1 amide bonds. The number of hydrogen-bond acceptors (Lipinski definition) is 3. The van der Waals surface area contributed by atoms with Gasteiger partial charge in [-0.15, -0.1) is 0 Å². The Balaban J connectivity index is 3.44. The first-order chi connectivity index (χ1) is 6.33. The lowest BCUT2D eigenvalue weighted by atomic mass is 10.4. The van der Waals surface area contributed by atoms with Gasteiger partial charge in [0.15, 0.2) is 0 Å². The Labute approximate surface area is 80.9 Å². The standard InChI is InChI=1S/C6H12F2N2O3S/c1-14(12,13)10-4-2-3-9-6(11)5(7)8/h5,10H,2-4H2,1H3,(H,9,11). The van der Waals surface area contributed by atoms with E-state index in [0.717, 1.165) is 6.26 Å². The smallest absolute Gasteiger partial charge is 0.315 e. The molecule has 0 radical (unpaired) electrons. The molecule has 0 saturated heterocycles. The summed E-state index contributed by atoms with van der Waals surface area (Å²) >= 11 is 0. The zero-order valence-corrected chi connectivity index (χ0v) is 8.40. The van der Waals surface area contributed by atoms with Crippen LogP contribution in [0.4, 0.5) is 8.78 Å². The van der Waals surface area contributed by atoms with Crippen molar-refractivity contribution in [2.24, 2.45) is 0 Å². The van der Waals surface area contributed by atoms with E-state index >= 15 is 0 Å². The Kier molecular flexibility index (Phi) is 5.55. The highest BCUT2D eigenvalue weighted by Crippen LogP contribution is 1.90. The zero-order chi connectivity index (χ0) is 11.2. The topological polar surface area (TPSA) is 75.3 Å². The first-order valence-corrected chi connectivity index (χ1v) is 5.72. The molecule has 5 nitrogen and oxygen atoms in total. The second-order valence-corrected chi connectivity index (χ2v) is 4.44. The van der Waals surface area contributed by atoms with Crippen molar-refractivity contribution in [2.45, 2.75) is 12.8 Å². The van der Waals surface area contributed by atoms with Crippen LogP contribution in [0.25, 0.3) is 0 Å². The summed E-state index contributed by atoms with van der Waals surface area (Å²) in [5, 5.41) is 1.94. The minimum Gasteiger partial charge on any atom is -0.351 e. The van der Waals surface area contributed by atoms with Crippen LogP contribution in [0.15, 0.2) is 0 Å². The van der Waals surface area contributed by atoms with Gasteiger partial charge in [0, 0.05) is 13.1 Å². The van der Waals surface area contributed by atoms with Crippen LogP contribution in [0.2, 0.25) is 0 Å². The van der Waals surface area contributed by atoms with Crippen molar-refractivity contribution in [3.8, 4) is 0 Å². The number of alkyl halides is 2. The first-order valence-electron chi connectivity index (χ1n) is 3.83. The zero-order valence-electron chi connectivity index (χ0n) is 7.59. The minimum atomic E-state index is -3.25. The van der Waals surface area contributed by atoms with Crippen molar-refractivity contribution in [1.82, 2.24) is 10.0 Å². The fourth-order valence-electron chi connectivity index (χ4n) is 0.635. The number of amides is 1. The largest absolute Gasteiger partial charge is 0.351 e. The Morgan fingerprint density at radius 3 is 2.36 bits per heavy atom. The number of rotatable bonds is 6. The Morgan fingerprint density at radius 2 is 1.93 bits per heavy atom. The lowest BCUT2D eigenvalue weighted by Gasteiger charge is -2.04. The predicted octanol–water partition coefficient (Wildman–Crippen LogP) is -0.693. The van der Waals surface area contributed by atoms with Crippen LogP contribution in [-0.4, -0.2) is 40.1 Å². The highest BCUT2D eigenvalue weighted by Gasteiger charge is 2.13. The summed E-state index contributed by atoms with van der Waals surface area (Å²) in [7, 11) is -3.25. The molecule has 0 heterocycles. The molecule has 14 heavy (non-hydrogen) atoms. The first kappa shape index (κ1) is 13.2. The minimum absolute atomic E-state index is 0.0195. The number of carbonyl (C=O) groups excluding carboxylic acids is 1. The maximum Gasteiger partial charge on any atom is 0.315 e. The van der Waals surface area contributed by atoms with Gasteiger partial charge in [-0.05, 0) is 6.42 Å². The maximum atomic E-state index is 11.6. The van der Waals surface area contributed by atoms with E-state index in [1.54, 1.807) is 0 Å². The highest BCUT2D eigenvalue weighted by molar-refractivity contribution is 7.88. The summed E-state index contributed by atoms with van der Waals surface area (Å²) in [4.78, 5) is 10.3. The lowest BCUT2D eigenvalue weighted by Crippen LogP contribution is -2.32. The van der Waals surface area contributed by atoms with Crippen LogP contribution in [0.5, 0.6) is 0 Å². The van der Waals surface area contributed by atoms with Gasteiger partial charge in [0.2, 0.25) is 10.0 Å². The number of carbonyl (C=O) groups is 1. The quantitative estimate of drug-likeness (QED) is 0.593. The van der Waals surface area contributed by atoms with E-state index in [9.17, 15) is 22.0 Å². The van der Waals surface area contributed by atoms with Gasteiger partial charge in [-0.3, -0.25) is 4.79 Å². The SMILES string of the molecule is CS(=O)(=O)NCCCNC(=O)C(F)F. The van der Waals surface area contributed by atoms with Gasteiger partial charge in [0.25, 0.3) is 5.91 Å². The molecule has 0 rings (SSSR count). The van der Waals surface area contributed by atoms with Crippen LogP contribution in [0.3, 0.4) is 0 Å². The van der Waals surface area contributed by atoms with E-state index in [2.05, 4.69) is 4.72 Å². The molecule has 2 N–H and O–H groups in total. The van der Waals surface area contributed by atoms with Gasteiger partial charge < -0.3 is 5.32 Å². The molecule has 0 unspecified atom stereocenters. The van der Waals surface area contributed by atoms with Gasteiger partial charge in [0.05, 0.1) is 6.26 Å². The molecule has 0 aromatic carbocycles. The van der Waals surface area contributed by atoms with Crippen LogP contribution in [0.1, 0.15) is 6.42 Å². The van der Waals surface area contributed by atoms with Crippen molar-refractivity contribution >= 4 is 15.9 Å².